The normalized spacial score (nSPS) is 16.1. The van der Waals surface area contributed by atoms with Gasteiger partial charge in [-0.15, -0.1) is 10.2 Å². The molecule has 28 heavy (non-hydrogen) atoms. The van der Waals surface area contributed by atoms with E-state index in [1.165, 1.54) is 22.9 Å². The first kappa shape index (κ1) is 20.8. The van der Waals surface area contributed by atoms with E-state index in [9.17, 15) is 4.79 Å². The van der Waals surface area contributed by atoms with Gasteiger partial charge in [-0.25, -0.2) is 0 Å². The number of nitrogens with zero attached hydrogens (tertiary/aromatic N) is 4. The number of carbonyl (C=O) groups excluding carboxylic acids is 1. The molecule has 2 aromatic rings. The van der Waals surface area contributed by atoms with E-state index in [4.69, 9.17) is 4.74 Å². The van der Waals surface area contributed by atoms with Gasteiger partial charge in [0.05, 0.1) is 19.0 Å². The molecule has 0 spiro atoms. The third-order valence-electron chi connectivity index (χ3n) is 5.01. The standard InChI is InChI=1S/C20H29N5O2S/c1-15-4-5-18(12-16(15)2)25-14-21-23-20(25)28-13-19(26)22-17(3)6-7-24-8-10-27-11-9-24/h4-5,12,14,17H,6-11,13H2,1-3H3,(H,22,26). The number of morpholine rings is 1. The van der Waals surface area contributed by atoms with Crippen LogP contribution in [-0.4, -0.2) is 70.2 Å². The average Bonchev–Trinajstić information content (AvgIpc) is 3.16. The highest BCUT2D eigenvalue weighted by Gasteiger charge is 2.15. The lowest BCUT2D eigenvalue weighted by molar-refractivity contribution is -0.119. The summed E-state index contributed by atoms with van der Waals surface area (Å²) in [5, 5.41) is 12.0. The first-order valence-corrected chi connectivity index (χ1v) is 10.7. The highest BCUT2D eigenvalue weighted by molar-refractivity contribution is 7.99. The Hall–Kier alpha value is -1.90. The Morgan fingerprint density at radius 3 is 2.82 bits per heavy atom. The van der Waals surface area contributed by atoms with Gasteiger partial charge < -0.3 is 10.1 Å². The van der Waals surface area contributed by atoms with Crippen molar-refractivity contribution in [2.45, 2.75) is 38.4 Å². The van der Waals surface area contributed by atoms with Gasteiger partial charge in [0.2, 0.25) is 5.91 Å². The van der Waals surface area contributed by atoms with Crippen LogP contribution in [0.3, 0.4) is 0 Å². The van der Waals surface area contributed by atoms with E-state index >= 15 is 0 Å². The summed E-state index contributed by atoms with van der Waals surface area (Å²) in [6.45, 7) is 10.8. The first-order valence-electron chi connectivity index (χ1n) is 9.73. The van der Waals surface area contributed by atoms with E-state index in [0.29, 0.717) is 5.75 Å². The van der Waals surface area contributed by atoms with Crippen molar-refractivity contribution in [1.82, 2.24) is 25.0 Å². The minimum atomic E-state index is 0.0223. The topological polar surface area (TPSA) is 72.3 Å². The molecule has 1 aliphatic heterocycles. The van der Waals surface area contributed by atoms with Gasteiger partial charge >= 0.3 is 0 Å². The molecule has 152 valence electrons. The Labute approximate surface area is 170 Å². The molecule has 8 heteroatoms. The molecule has 0 aliphatic carbocycles. The van der Waals surface area contributed by atoms with Crippen molar-refractivity contribution >= 4 is 17.7 Å². The molecule has 0 radical (unpaired) electrons. The van der Waals surface area contributed by atoms with Crippen LogP contribution in [0.15, 0.2) is 29.7 Å². The highest BCUT2D eigenvalue weighted by atomic mass is 32.2. The number of rotatable bonds is 8. The summed E-state index contributed by atoms with van der Waals surface area (Å²) in [5.74, 6) is 0.347. The molecular weight excluding hydrogens is 374 g/mol. The molecule has 1 saturated heterocycles. The van der Waals surface area contributed by atoms with Gasteiger partial charge in [-0.2, -0.15) is 0 Å². The van der Waals surface area contributed by atoms with Crippen molar-refractivity contribution in [2.24, 2.45) is 0 Å². The number of carbonyl (C=O) groups is 1. The smallest absolute Gasteiger partial charge is 0.230 e. The molecule has 1 fully saturated rings. The number of hydrogen-bond donors (Lipinski definition) is 1. The Kier molecular flexibility index (Phi) is 7.47. The van der Waals surface area contributed by atoms with E-state index < -0.39 is 0 Å². The monoisotopic (exact) mass is 403 g/mol. The van der Waals surface area contributed by atoms with Gasteiger partial charge in [0.25, 0.3) is 0 Å². The Balaban J connectivity index is 1.47. The van der Waals surface area contributed by atoms with E-state index in [2.05, 4.69) is 53.3 Å². The second-order valence-electron chi connectivity index (χ2n) is 7.25. The van der Waals surface area contributed by atoms with Crippen molar-refractivity contribution in [3.8, 4) is 5.69 Å². The van der Waals surface area contributed by atoms with Crippen molar-refractivity contribution in [1.29, 1.82) is 0 Å². The van der Waals surface area contributed by atoms with Crippen molar-refractivity contribution in [3.05, 3.63) is 35.7 Å². The van der Waals surface area contributed by atoms with Gasteiger partial charge in [-0.05, 0) is 50.5 Å². The van der Waals surface area contributed by atoms with Gasteiger partial charge in [0.1, 0.15) is 6.33 Å². The Morgan fingerprint density at radius 1 is 1.29 bits per heavy atom. The van der Waals surface area contributed by atoms with E-state index in [0.717, 1.165) is 50.1 Å². The summed E-state index contributed by atoms with van der Waals surface area (Å²) in [4.78, 5) is 14.7. The van der Waals surface area contributed by atoms with Crippen molar-refractivity contribution in [3.63, 3.8) is 0 Å². The van der Waals surface area contributed by atoms with Crippen LogP contribution in [0.1, 0.15) is 24.5 Å². The third kappa shape index (κ3) is 5.80. The summed E-state index contributed by atoms with van der Waals surface area (Å²) < 4.78 is 7.29. The molecular formula is C20H29N5O2S. The number of aryl methyl sites for hydroxylation is 2. The second-order valence-corrected chi connectivity index (χ2v) is 8.19. The van der Waals surface area contributed by atoms with Gasteiger partial charge in [-0.3, -0.25) is 14.3 Å². The molecule has 1 N–H and O–H groups in total. The predicted octanol–water partition coefficient (Wildman–Crippen LogP) is 2.20. The van der Waals surface area contributed by atoms with Crippen LogP contribution < -0.4 is 5.32 Å². The maximum absolute atomic E-state index is 12.3. The lowest BCUT2D eigenvalue weighted by Gasteiger charge is -2.27. The number of amides is 1. The van der Waals surface area contributed by atoms with E-state index in [-0.39, 0.29) is 11.9 Å². The summed E-state index contributed by atoms with van der Waals surface area (Å²) in [6.07, 6.45) is 2.63. The fourth-order valence-electron chi connectivity index (χ4n) is 3.10. The van der Waals surface area contributed by atoms with E-state index in [1.807, 2.05) is 10.6 Å². The van der Waals surface area contributed by atoms with Crippen LogP contribution >= 0.6 is 11.8 Å². The predicted molar refractivity (Wildman–Crippen MR) is 111 cm³/mol. The minimum Gasteiger partial charge on any atom is -0.379 e. The molecule has 2 heterocycles. The van der Waals surface area contributed by atoms with Gasteiger partial charge in [-0.1, -0.05) is 17.8 Å². The number of thioether (sulfide) groups is 1. The lowest BCUT2D eigenvalue weighted by atomic mass is 10.1. The average molecular weight is 404 g/mol. The van der Waals surface area contributed by atoms with Crippen LogP contribution in [0, 0.1) is 13.8 Å². The summed E-state index contributed by atoms with van der Waals surface area (Å²) in [5.41, 5.74) is 3.47. The molecule has 1 unspecified atom stereocenters. The molecule has 0 bridgehead atoms. The molecule has 0 saturated carbocycles. The van der Waals surface area contributed by atoms with Crippen LogP contribution in [-0.2, 0) is 9.53 Å². The van der Waals surface area contributed by atoms with Crippen molar-refractivity contribution < 1.29 is 9.53 Å². The number of hydrogen-bond acceptors (Lipinski definition) is 6. The minimum absolute atomic E-state index is 0.0223. The van der Waals surface area contributed by atoms with Crippen molar-refractivity contribution in [2.75, 3.05) is 38.6 Å². The third-order valence-corrected chi connectivity index (χ3v) is 5.95. The Morgan fingerprint density at radius 2 is 2.07 bits per heavy atom. The summed E-state index contributed by atoms with van der Waals surface area (Å²) in [6, 6.07) is 6.38. The molecule has 1 amide bonds. The van der Waals surface area contributed by atoms with Crippen LogP contribution in [0.2, 0.25) is 0 Å². The van der Waals surface area contributed by atoms with E-state index in [1.54, 1.807) is 6.33 Å². The number of benzene rings is 1. The largest absolute Gasteiger partial charge is 0.379 e. The molecule has 1 atom stereocenters. The summed E-state index contributed by atoms with van der Waals surface area (Å²) in [7, 11) is 0. The van der Waals surface area contributed by atoms with Crippen LogP contribution in [0.5, 0.6) is 0 Å². The maximum Gasteiger partial charge on any atom is 0.230 e. The zero-order valence-corrected chi connectivity index (χ0v) is 17.7. The maximum atomic E-state index is 12.3. The number of ether oxygens (including phenoxy) is 1. The fourth-order valence-corrected chi connectivity index (χ4v) is 3.84. The van der Waals surface area contributed by atoms with Gasteiger partial charge in [0.15, 0.2) is 5.16 Å². The fraction of sp³-hybridized carbons (Fsp3) is 0.550. The highest BCUT2D eigenvalue weighted by Crippen LogP contribution is 2.21. The molecule has 1 aromatic heterocycles. The molecule has 7 nitrogen and oxygen atoms in total. The summed E-state index contributed by atoms with van der Waals surface area (Å²) >= 11 is 1.41. The second kappa shape index (κ2) is 10.0. The molecule has 1 aromatic carbocycles. The zero-order valence-electron chi connectivity index (χ0n) is 16.9. The van der Waals surface area contributed by atoms with Gasteiger partial charge in [0, 0.05) is 31.4 Å². The van der Waals surface area contributed by atoms with Crippen LogP contribution in [0.4, 0.5) is 0 Å². The first-order chi connectivity index (χ1) is 13.5. The zero-order chi connectivity index (χ0) is 19.9. The Bertz CT molecular complexity index is 789. The quantitative estimate of drug-likeness (QED) is 0.682. The number of aromatic nitrogens is 3. The molecule has 3 rings (SSSR count). The number of nitrogens with one attached hydrogen (secondary N) is 1. The lowest BCUT2D eigenvalue weighted by Crippen LogP contribution is -2.40. The molecule has 1 aliphatic rings. The van der Waals surface area contributed by atoms with Crippen LogP contribution in [0.25, 0.3) is 5.69 Å². The SMILES string of the molecule is Cc1ccc(-n2cnnc2SCC(=O)NC(C)CCN2CCOCC2)cc1C.